The van der Waals surface area contributed by atoms with Crippen molar-refractivity contribution in [3.63, 3.8) is 0 Å². The number of para-hydroxylation sites is 2. The van der Waals surface area contributed by atoms with Gasteiger partial charge in [0.05, 0.1) is 17.2 Å². The fourth-order valence-corrected chi connectivity index (χ4v) is 2.89. The van der Waals surface area contributed by atoms with Crippen LogP contribution in [0.4, 0.5) is 0 Å². The zero-order valence-corrected chi connectivity index (χ0v) is 13.8. The molecule has 0 atom stereocenters. The molecule has 6 heteroatoms. The molecule has 6 nitrogen and oxygen atoms in total. The van der Waals surface area contributed by atoms with Crippen molar-refractivity contribution in [3.05, 3.63) is 65.4 Å². The topological polar surface area (TPSA) is 61.1 Å². The zero-order valence-electron chi connectivity index (χ0n) is 13.8. The number of rotatable bonds is 3. The summed E-state index contributed by atoms with van der Waals surface area (Å²) in [5.41, 5.74) is 5.09. The molecular weight excluding hydrogens is 302 g/mol. The van der Waals surface area contributed by atoms with Crippen molar-refractivity contribution < 1.29 is 4.52 Å². The van der Waals surface area contributed by atoms with Gasteiger partial charge in [-0.2, -0.15) is 5.10 Å². The molecule has 0 amide bonds. The van der Waals surface area contributed by atoms with Crippen LogP contribution in [0.1, 0.15) is 22.7 Å². The van der Waals surface area contributed by atoms with Crippen LogP contribution in [0.5, 0.6) is 0 Å². The van der Waals surface area contributed by atoms with Crippen molar-refractivity contribution in [2.24, 2.45) is 5.10 Å². The molecule has 0 saturated carbocycles. The van der Waals surface area contributed by atoms with Crippen molar-refractivity contribution in [1.29, 1.82) is 0 Å². The second kappa shape index (κ2) is 5.49. The molecule has 4 rings (SSSR count). The van der Waals surface area contributed by atoms with E-state index in [1.54, 1.807) is 11.0 Å². The Morgan fingerprint density at radius 3 is 2.75 bits per heavy atom. The number of hydrogen-bond donors (Lipinski definition) is 0. The number of hydrogen-bond acceptors (Lipinski definition) is 4. The first-order chi connectivity index (χ1) is 11.6. The Morgan fingerprint density at radius 2 is 1.96 bits per heavy atom. The number of imidazole rings is 1. The van der Waals surface area contributed by atoms with E-state index < -0.39 is 0 Å². The van der Waals surface area contributed by atoms with E-state index in [0.29, 0.717) is 0 Å². The predicted molar refractivity (Wildman–Crippen MR) is 92.8 cm³/mol. The van der Waals surface area contributed by atoms with Gasteiger partial charge < -0.3 is 4.52 Å². The Balaban J connectivity index is 1.73. The van der Waals surface area contributed by atoms with Crippen LogP contribution < -0.4 is 0 Å². The molecule has 24 heavy (non-hydrogen) atoms. The first-order valence-electron chi connectivity index (χ1n) is 7.72. The van der Waals surface area contributed by atoms with Gasteiger partial charge in [0.25, 0.3) is 0 Å². The Bertz CT molecular complexity index is 1050. The van der Waals surface area contributed by atoms with Gasteiger partial charge in [-0.25, -0.2) is 9.66 Å². The standard InChI is InChI=1S/C18H17N5O/c1-12-8-15(14(3)23(12)18-9-13(2)24-21-18)10-20-22-11-19-16-6-4-5-7-17(16)22/h4-11H,1-3H3/b20-10-. The number of benzene rings is 1. The van der Waals surface area contributed by atoms with Crippen molar-refractivity contribution in [2.75, 3.05) is 0 Å². The average molecular weight is 319 g/mol. The van der Waals surface area contributed by atoms with Gasteiger partial charge in [-0.3, -0.25) is 4.57 Å². The molecule has 3 aromatic heterocycles. The first kappa shape index (κ1) is 14.4. The molecule has 0 saturated heterocycles. The second-order valence-corrected chi connectivity index (χ2v) is 5.78. The van der Waals surface area contributed by atoms with Crippen LogP contribution in [0.15, 0.2) is 52.4 Å². The molecule has 0 unspecified atom stereocenters. The van der Waals surface area contributed by atoms with Gasteiger partial charge >= 0.3 is 0 Å². The fourth-order valence-electron chi connectivity index (χ4n) is 2.89. The number of aromatic nitrogens is 4. The van der Waals surface area contributed by atoms with E-state index in [0.717, 1.165) is 39.6 Å². The van der Waals surface area contributed by atoms with Gasteiger partial charge in [-0.05, 0) is 39.0 Å². The highest BCUT2D eigenvalue weighted by Gasteiger charge is 2.12. The minimum absolute atomic E-state index is 0.787. The molecule has 3 heterocycles. The van der Waals surface area contributed by atoms with E-state index in [-0.39, 0.29) is 0 Å². The Kier molecular flexibility index (Phi) is 3.30. The molecule has 0 spiro atoms. The van der Waals surface area contributed by atoms with Crippen LogP contribution in [0.2, 0.25) is 0 Å². The van der Waals surface area contributed by atoms with Gasteiger partial charge in [0, 0.05) is 23.0 Å². The third-order valence-electron chi connectivity index (χ3n) is 4.07. The molecule has 0 bridgehead atoms. The number of nitrogens with zero attached hydrogens (tertiary/aromatic N) is 5. The van der Waals surface area contributed by atoms with Crippen LogP contribution in [0, 0.1) is 20.8 Å². The van der Waals surface area contributed by atoms with E-state index in [9.17, 15) is 0 Å². The summed E-state index contributed by atoms with van der Waals surface area (Å²) in [6, 6.07) is 11.9. The summed E-state index contributed by atoms with van der Waals surface area (Å²) in [4.78, 5) is 4.35. The maximum Gasteiger partial charge on any atom is 0.180 e. The van der Waals surface area contributed by atoms with Gasteiger partial charge in [-0.15, -0.1) is 0 Å². The summed E-state index contributed by atoms with van der Waals surface area (Å²) in [6.45, 7) is 5.97. The molecule has 0 aliphatic rings. The normalized spacial score (nSPS) is 11.8. The third kappa shape index (κ3) is 2.32. The van der Waals surface area contributed by atoms with Crippen molar-refractivity contribution in [3.8, 4) is 5.82 Å². The molecule has 4 aromatic rings. The molecular formula is C18H17N5O. The predicted octanol–water partition coefficient (Wildman–Crippen LogP) is 3.62. The summed E-state index contributed by atoms with van der Waals surface area (Å²) in [6.07, 6.45) is 3.57. The smallest absolute Gasteiger partial charge is 0.180 e. The average Bonchev–Trinajstić information content (AvgIpc) is 3.24. The summed E-state index contributed by atoms with van der Waals surface area (Å²) >= 11 is 0. The Labute approximate surface area is 139 Å². The monoisotopic (exact) mass is 319 g/mol. The molecule has 0 radical (unpaired) electrons. The minimum Gasteiger partial charge on any atom is -0.360 e. The Hall–Kier alpha value is -3.15. The highest BCUT2D eigenvalue weighted by molar-refractivity contribution is 5.83. The van der Waals surface area contributed by atoms with Gasteiger partial charge in [0.15, 0.2) is 5.82 Å². The number of fused-ring (bicyclic) bond motifs is 1. The number of aryl methyl sites for hydroxylation is 2. The lowest BCUT2D eigenvalue weighted by atomic mass is 10.3. The van der Waals surface area contributed by atoms with E-state index >= 15 is 0 Å². The fraction of sp³-hybridized carbons (Fsp3) is 0.167. The van der Waals surface area contributed by atoms with Crippen LogP contribution >= 0.6 is 0 Å². The maximum absolute atomic E-state index is 5.19. The largest absolute Gasteiger partial charge is 0.360 e. The molecule has 0 N–H and O–H groups in total. The van der Waals surface area contributed by atoms with Gasteiger partial charge in [0.1, 0.15) is 12.1 Å². The molecule has 120 valence electrons. The summed E-state index contributed by atoms with van der Waals surface area (Å²) in [7, 11) is 0. The highest BCUT2D eigenvalue weighted by Crippen LogP contribution is 2.20. The lowest BCUT2D eigenvalue weighted by Gasteiger charge is -2.03. The van der Waals surface area contributed by atoms with Crippen molar-refractivity contribution in [2.45, 2.75) is 20.8 Å². The highest BCUT2D eigenvalue weighted by atomic mass is 16.5. The third-order valence-corrected chi connectivity index (χ3v) is 4.07. The van der Waals surface area contributed by atoms with E-state index in [4.69, 9.17) is 4.52 Å². The SMILES string of the molecule is Cc1cc(-n2c(C)cc(/C=N\n3cnc4ccccc43)c2C)no1. The molecule has 0 aliphatic carbocycles. The molecule has 1 aromatic carbocycles. The Morgan fingerprint density at radius 1 is 1.12 bits per heavy atom. The van der Waals surface area contributed by atoms with Crippen LogP contribution in [0.3, 0.4) is 0 Å². The van der Waals surface area contributed by atoms with Crippen molar-refractivity contribution >= 4 is 17.2 Å². The summed E-state index contributed by atoms with van der Waals surface area (Å²) < 4.78 is 9.03. The quantitative estimate of drug-likeness (QED) is 0.542. The second-order valence-electron chi connectivity index (χ2n) is 5.78. The van der Waals surface area contributed by atoms with Crippen LogP contribution in [0.25, 0.3) is 16.9 Å². The first-order valence-corrected chi connectivity index (χ1v) is 7.72. The van der Waals surface area contributed by atoms with Crippen LogP contribution in [-0.4, -0.2) is 25.6 Å². The minimum atomic E-state index is 0.787. The zero-order chi connectivity index (χ0) is 16.7. The summed E-state index contributed by atoms with van der Waals surface area (Å²) in [5, 5.41) is 8.65. The van der Waals surface area contributed by atoms with E-state index in [1.807, 2.05) is 57.3 Å². The maximum atomic E-state index is 5.19. The van der Waals surface area contributed by atoms with Gasteiger partial charge in [0.2, 0.25) is 0 Å². The lowest BCUT2D eigenvalue weighted by Crippen LogP contribution is -2.00. The van der Waals surface area contributed by atoms with Crippen LogP contribution in [-0.2, 0) is 0 Å². The summed E-state index contributed by atoms with van der Waals surface area (Å²) in [5.74, 6) is 1.58. The van der Waals surface area contributed by atoms with Crippen molar-refractivity contribution in [1.82, 2.24) is 19.4 Å². The lowest BCUT2D eigenvalue weighted by molar-refractivity contribution is 0.394. The van der Waals surface area contributed by atoms with Gasteiger partial charge in [-0.1, -0.05) is 17.3 Å². The molecule has 0 aliphatic heterocycles. The van der Waals surface area contributed by atoms with E-state index in [1.165, 1.54) is 0 Å². The molecule has 0 fully saturated rings. The van der Waals surface area contributed by atoms with E-state index in [2.05, 4.69) is 25.9 Å².